The van der Waals surface area contributed by atoms with Crippen molar-refractivity contribution in [2.24, 2.45) is 0 Å². The summed E-state index contributed by atoms with van der Waals surface area (Å²) < 4.78 is 6.01. The summed E-state index contributed by atoms with van der Waals surface area (Å²) in [4.78, 5) is 15.3. The van der Waals surface area contributed by atoms with Gasteiger partial charge in [0.1, 0.15) is 11.5 Å². The topological polar surface area (TPSA) is 33.5 Å². The molecule has 0 bridgehead atoms. The van der Waals surface area contributed by atoms with Crippen molar-refractivity contribution in [2.75, 3.05) is 4.90 Å². The van der Waals surface area contributed by atoms with E-state index in [1.165, 1.54) is 5.56 Å². The van der Waals surface area contributed by atoms with Crippen LogP contribution in [0.3, 0.4) is 0 Å². The van der Waals surface area contributed by atoms with E-state index in [4.69, 9.17) is 27.6 Å². The van der Waals surface area contributed by atoms with Crippen LogP contribution in [0.1, 0.15) is 23.8 Å². The molecule has 0 N–H and O–H groups in total. The fraction of sp³-hybridized carbons (Fsp3) is 0.0690. The summed E-state index contributed by atoms with van der Waals surface area (Å²) in [6.07, 6.45) is 4.62. The van der Waals surface area contributed by atoms with Crippen molar-refractivity contribution in [1.29, 1.82) is 0 Å². The van der Waals surface area contributed by atoms with Crippen molar-refractivity contribution in [3.05, 3.63) is 124 Å². The van der Waals surface area contributed by atoms with Gasteiger partial charge in [0.25, 0.3) is 5.91 Å². The zero-order chi connectivity index (χ0) is 23.7. The monoisotopic (exact) mass is 485 g/mol. The number of benzene rings is 3. The van der Waals surface area contributed by atoms with Crippen LogP contribution >= 0.6 is 23.2 Å². The van der Waals surface area contributed by atoms with Gasteiger partial charge < -0.3 is 4.42 Å². The highest BCUT2D eigenvalue weighted by Crippen LogP contribution is 2.36. The maximum Gasteiger partial charge on any atom is 0.263 e. The van der Waals surface area contributed by atoms with Gasteiger partial charge in [-0.3, -0.25) is 9.69 Å². The lowest BCUT2D eigenvalue weighted by atomic mass is 10.1. The van der Waals surface area contributed by atoms with Crippen LogP contribution in [0.15, 0.2) is 101 Å². The SMILES string of the molecule is CCc1ccc(N2C(=O)/C(=C/c3ccc(-c4ccc(Cl)c(Cl)c4)o3)C=C2c2ccccc2)cc1. The molecular formula is C29H21Cl2NO2. The molecule has 0 saturated heterocycles. The zero-order valence-electron chi connectivity index (χ0n) is 18.5. The van der Waals surface area contributed by atoms with Crippen molar-refractivity contribution in [2.45, 2.75) is 13.3 Å². The fourth-order valence-corrected chi connectivity index (χ4v) is 4.26. The molecule has 0 saturated carbocycles. The fourth-order valence-electron chi connectivity index (χ4n) is 3.96. The second-order valence-corrected chi connectivity index (χ2v) is 8.80. The zero-order valence-corrected chi connectivity index (χ0v) is 20.0. The number of rotatable bonds is 5. The highest BCUT2D eigenvalue weighted by Gasteiger charge is 2.30. The molecule has 0 fully saturated rings. The molecule has 1 amide bonds. The Morgan fingerprint density at radius 2 is 1.62 bits per heavy atom. The predicted molar refractivity (Wildman–Crippen MR) is 140 cm³/mol. The van der Waals surface area contributed by atoms with Crippen LogP contribution in [0.25, 0.3) is 23.1 Å². The van der Waals surface area contributed by atoms with Crippen molar-refractivity contribution in [3.8, 4) is 11.3 Å². The van der Waals surface area contributed by atoms with Gasteiger partial charge in [0.15, 0.2) is 0 Å². The van der Waals surface area contributed by atoms with E-state index in [-0.39, 0.29) is 5.91 Å². The van der Waals surface area contributed by atoms with Gasteiger partial charge in [-0.15, -0.1) is 0 Å². The normalized spacial score (nSPS) is 14.7. The van der Waals surface area contributed by atoms with E-state index in [2.05, 4.69) is 19.1 Å². The number of furan rings is 1. The molecule has 0 unspecified atom stereocenters. The first-order chi connectivity index (χ1) is 16.5. The average molecular weight is 486 g/mol. The Bertz CT molecular complexity index is 1420. The van der Waals surface area contributed by atoms with Crippen LogP contribution in [0.5, 0.6) is 0 Å². The number of nitrogens with zero attached hydrogens (tertiary/aromatic N) is 1. The minimum Gasteiger partial charge on any atom is -0.457 e. The Labute approximate surface area is 208 Å². The Balaban J connectivity index is 1.52. The third-order valence-corrected chi connectivity index (χ3v) is 6.52. The Kier molecular flexibility index (Phi) is 6.14. The maximum atomic E-state index is 13.5. The molecule has 5 rings (SSSR count). The van der Waals surface area contributed by atoms with E-state index < -0.39 is 0 Å². The smallest absolute Gasteiger partial charge is 0.263 e. The van der Waals surface area contributed by atoms with Gasteiger partial charge in [-0.2, -0.15) is 0 Å². The van der Waals surface area contributed by atoms with Crippen LogP contribution < -0.4 is 4.90 Å². The second-order valence-electron chi connectivity index (χ2n) is 7.99. The molecule has 3 nitrogen and oxygen atoms in total. The predicted octanol–water partition coefficient (Wildman–Crippen LogP) is 8.29. The summed E-state index contributed by atoms with van der Waals surface area (Å²) in [5, 5.41) is 0.947. The van der Waals surface area contributed by atoms with Crippen molar-refractivity contribution < 1.29 is 9.21 Å². The van der Waals surface area contributed by atoms with E-state index in [9.17, 15) is 4.79 Å². The first-order valence-electron chi connectivity index (χ1n) is 11.0. The molecule has 1 aliphatic rings. The molecule has 0 spiro atoms. The van der Waals surface area contributed by atoms with Crippen LogP contribution in [0, 0.1) is 0 Å². The van der Waals surface area contributed by atoms with Gasteiger partial charge in [-0.25, -0.2) is 0 Å². The first kappa shape index (κ1) is 22.3. The number of anilines is 1. The van der Waals surface area contributed by atoms with E-state index in [0.29, 0.717) is 27.1 Å². The third-order valence-electron chi connectivity index (χ3n) is 5.78. The number of amides is 1. The Morgan fingerprint density at radius 3 is 2.32 bits per heavy atom. The molecule has 34 heavy (non-hydrogen) atoms. The summed E-state index contributed by atoms with van der Waals surface area (Å²) >= 11 is 12.2. The molecule has 2 heterocycles. The van der Waals surface area contributed by atoms with Crippen molar-refractivity contribution in [1.82, 2.24) is 0 Å². The van der Waals surface area contributed by atoms with Gasteiger partial charge in [-0.1, -0.05) is 72.6 Å². The number of carbonyl (C=O) groups is 1. The minimum absolute atomic E-state index is 0.101. The highest BCUT2D eigenvalue weighted by molar-refractivity contribution is 6.42. The molecule has 0 aliphatic carbocycles. The Hall–Kier alpha value is -3.53. The van der Waals surface area contributed by atoms with Gasteiger partial charge in [0.2, 0.25) is 0 Å². The summed E-state index contributed by atoms with van der Waals surface area (Å²) in [5.41, 5.74) is 5.22. The molecule has 1 aliphatic heterocycles. The maximum absolute atomic E-state index is 13.5. The number of carbonyl (C=O) groups excluding carboxylic acids is 1. The highest BCUT2D eigenvalue weighted by atomic mass is 35.5. The number of hydrogen-bond donors (Lipinski definition) is 0. The van der Waals surface area contributed by atoms with E-state index >= 15 is 0 Å². The molecule has 168 valence electrons. The number of aryl methyl sites for hydroxylation is 1. The summed E-state index contributed by atoms with van der Waals surface area (Å²) in [6.45, 7) is 2.11. The summed E-state index contributed by atoms with van der Waals surface area (Å²) in [7, 11) is 0. The van der Waals surface area contributed by atoms with Gasteiger partial charge in [-0.05, 0) is 72.2 Å². The minimum atomic E-state index is -0.101. The lowest BCUT2D eigenvalue weighted by Crippen LogP contribution is -2.24. The van der Waals surface area contributed by atoms with Gasteiger partial charge >= 0.3 is 0 Å². The molecule has 0 atom stereocenters. The largest absolute Gasteiger partial charge is 0.457 e. The van der Waals surface area contributed by atoms with Crippen molar-refractivity contribution >= 4 is 46.6 Å². The molecule has 0 radical (unpaired) electrons. The van der Waals surface area contributed by atoms with E-state index in [0.717, 1.165) is 28.9 Å². The number of hydrogen-bond acceptors (Lipinski definition) is 2. The van der Waals surface area contributed by atoms with Gasteiger partial charge in [0, 0.05) is 16.8 Å². The van der Waals surface area contributed by atoms with Crippen LogP contribution in [0.4, 0.5) is 5.69 Å². The molecule has 1 aromatic heterocycles. The van der Waals surface area contributed by atoms with Crippen LogP contribution in [-0.2, 0) is 11.2 Å². The van der Waals surface area contributed by atoms with E-state index in [1.54, 1.807) is 23.1 Å². The van der Waals surface area contributed by atoms with Crippen molar-refractivity contribution in [3.63, 3.8) is 0 Å². The molecule has 5 heteroatoms. The molecular weight excluding hydrogens is 465 g/mol. The molecule has 4 aromatic rings. The Morgan fingerprint density at radius 1 is 0.853 bits per heavy atom. The quantitative estimate of drug-likeness (QED) is 0.266. The standard InChI is InChI=1S/C29H21Cl2NO2/c1-2-19-8-11-23(12-9-19)32-27(20-6-4-3-5-7-20)18-22(29(32)33)16-24-13-15-28(34-24)21-10-14-25(30)26(31)17-21/h3-18H,2H2,1H3/b22-16+. The second kappa shape index (κ2) is 9.38. The third kappa shape index (κ3) is 4.33. The lowest BCUT2D eigenvalue weighted by molar-refractivity contribution is -0.113. The van der Waals surface area contributed by atoms with E-state index in [1.807, 2.05) is 66.7 Å². The lowest BCUT2D eigenvalue weighted by Gasteiger charge is -2.21. The average Bonchev–Trinajstić information content (AvgIpc) is 3.46. The summed E-state index contributed by atoms with van der Waals surface area (Å²) in [6, 6.07) is 27.0. The molecule has 3 aromatic carbocycles. The first-order valence-corrected chi connectivity index (χ1v) is 11.8. The van der Waals surface area contributed by atoms with Crippen LogP contribution in [-0.4, -0.2) is 5.91 Å². The number of halogens is 2. The summed E-state index contributed by atoms with van der Waals surface area (Å²) in [5.74, 6) is 1.13. The van der Waals surface area contributed by atoms with Gasteiger partial charge in [0.05, 0.1) is 15.7 Å². The van der Waals surface area contributed by atoms with Crippen LogP contribution in [0.2, 0.25) is 10.0 Å².